The molecule has 0 amide bonds. The molecule has 0 spiro atoms. The maximum atomic E-state index is 11.1. The summed E-state index contributed by atoms with van der Waals surface area (Å²) in [6.07, 6.45) is -1.37. The van der Waals surface area contributed by atoms with E-state index in [1.54, 1.807) is 12.1 Å². The first-order chi connectivity index (χ1) is 17.7. The molecule has 2 aliphatic rings. The molecular weight excluding hydrogens is 450 g/mol. The third-order valence-electron chi connectivity index (χ3n) is 7.49. The lowest BCUT2D eigenvalue weighted by Gasteiger charge is -2.30. The van der Waals surface area contributed by atoms with Crippen LogP contribution in [0.4, 0.5) is 0 Å². The Hall–Kier alpha value is -3.90. The second-order valence-corrected chi connectivity index (χ2v) is 9.46. The average molecular weight is 476 g/mol. The fourth-order valence-electron chi connectivity index (χ4n) is 5.86. The van der Waals surface area contributed by atoms with Crippen molar-refractivity contribution in [2.75, 3.05) is 6.61 Å². The molecule has 0 saturated carbocycles. The van der Waals surface area contributed by atoms with Crippen molar-refractivity contribution in [1.82, 2.24) is 4.90 Å². The molecule has 0 aromatic heterocycles. The molecule has 4 atom stereocenters. The highest BCUT2D eigenvalue weighted by Gasteiger charge is 2.53. The van der Waals surface area contributed by atoms with E-state index in [0.29, 0.717) is 12.2 Å². The first-order valence-corrected chi connectivity index (χ1v) is 12.2. The van der Waals surface area contributed by atoms with Crippen LogP contribution in [0.3, 0.4) is 0 Å². The standard InChI is InChI=1S/C31H25NO4/c33-25-16-14-19-8-4-6-12-22(19)27(25)30-32-24(18-35-30)29(21-10-2-1-3-11-21)36-31(32)28-23-13-7-5-9-20(23)15-17-26(28)34/h1-17,24,29-31,33-34H,18H2/t24-,29-,30+,31-/m0/s1. The fourth-order valence-corrected chi connectivity index (χ4v) is 5.86. The summed E-state index contributed by atoms with van der Waals surface area (Å²) in [6.45, 7) is 0.439. The number of phenolic OH excluding ortho intramolecular Hbond substituents is 2. The van der Waals surface area contributed by atoms with Crippen LogP contribution in [-0.4, -0.2) is 27.8 Å². The SMILES string of the molecule is Oc1ccc2ccccc2c1[C@H]1OC[C@H]2[C@H](c3ccccc3)O[C@@H](c3c(O)ccc4ccccc34)N12. The molecule has 2 saturated heterocycles. The highest BCUT2D eigenvalue weighted by Crippen LogP contribution is 2.55. The largest absolute Gasteiger partial charge is 0.507 e. The van der Waals surface area contributed by atoms with Crippen LogP contribution < -0.4 is 0 Å². The molecule has 178 valence electrons. The van der Waals surface area contributed by atoms with Gasteiger partial charge in [0.05, 0.1) is 12.6 Å². The van der Waals surface area contributed by atoms with Crippen molar-refractivity contribution in [2.45, 2.75) is 24.6 Å². The second-order valence-electron chi connectivity index (χ2n) is 9.46. The van der Waals surface area contributed by atoms with E-state index in [4.69, 9.17) is 9.47 Å². The Bertz CT molecular complexity index is 1580. The summed E-state index contributed by atoms with van der Waals surface area (Å²) in [5.41, 5.74) is 2.49. The average Bonchev–Trinajstić information content (AvgIpc) is 3.50. The molecule has 2 fully saturated rings. The quantitative estimate of drug-likeness (QED) is 0.309. The number of nitrogens with zero attached hydrogens (tertiary/aromatic N) is 1. The fraction of sp³-hybridized carbons (Fsp3) is 0.161. The summed E-state index contributed by atoms with van der Waals surface area (Å²) in [7, 11) is 0. The molecule has 0 aliphatic carbocycles. The van der Waals surface area contributed by atoms with Crippen molar-refractivity contribution in [1.29, 1.82) is 0 Å². The third kappa shape index (κ3) is 3.21. The lowest BCUT2D eigenvalue weighted by atomic mass is 9.98. The van der Waals surface area contributed by atoms with Gasteiger partial charge in [-0.3, -0.25) is 0 Å². The van der Waals surface area contributed by atoms with Crippen LogP contribution in [0.2, 0.25) is 0 Å². The second kappa shape index (κ2) is 8.35. The number of aromatic hydroxyl groups is 2. The maximum absolute atomic E-state index is 11.1. The zero-order valence-electron chi connectivity index (χ0n) is 19.5. The summed E-state index contributed by atoms with van der Waals surface area (Å²) in [4.78, 5) is 2.18. The van der Waals surface area contributed by atoms with Gasteiger partial charge in [0.15, 0.2) is 0 Å². The van der Waals surface area contributed by atoms with Crippen LogP contribution in [0.1, 0.15) is 35.3 Å². The lowest BCUT2D eigenvalue weighted by molar-refractivity contribution is -0.0767. The summed E-state index contributed by atoms with van der Waals surface area (Å²) in [5, 5.41) is 26.1. The molecule has 0 unspecified atom stereocenters. The third-order valence-corrected chi connectivity index (χ3v) is 7.49. The minimum atomic E-state index is -0.572. The Kier molecular flexibility index (Phi) is 4.96. The Morgan fingerprint density at radius 3 is 1.81 bits per heavy atom. The number of fused-ring (bicyclic) bond motifs is 3. The minimum absolute atomic E-state index is 0.0980. The van der Waals surface area contributed by atoms with Crippen LogP contribution in [0.15, 0.2) is 103 Å². The molecule has 36 heavy (non-hydrogen) atoms. The van der Waals surface area contributed by atoms with Gasteiger partial charge in [-0.25, -0.2) is 4.90 Å². The summed E-state index contributed by atoms with van der Waals surface area (Å²) in [6, 6.07) is 33.4. The molecule has 2 aliphatic heterocycles. The molecule has 5 aromatic rings. The first-order valence-electron chi connectivity index (χ1n) is 12.2. The number of hydrogen-bond donors (Lipinski definition) is 2. The van der Waals surface area contributed by atoms with Crippen LogP contribution in [0.25, 0.3) is 21.5 Å². The summed E-state index contributed by atoms with van der Waals surface area (Å²) >= 11 is 0. The topological polar surface area (TPSA) is 62.2 Å². The van der Waals surface area contributed by atoms with E-state index in [1.165, 1.54) is 0 Å². The van der Waals surface area contributed by atoms with Gasteiger partial charge in [0.2, 0.25) is 0 Å². The van der Waals surface area contributed by atoms with Crippen molar-refractivity contribution in [3.05, 3.63) is 120 Å². The Labute approximate surface area is 208 Å². The highest BCUT2D eigenvalue weighted by atomic mass is 16.6. The monoisotopic (exact) mass is 475 g/mol. The van der Waals surface area contributed by atoms with E-state index in [0.717, 1.165) is 32.7 Å². The van der Waals surface area contributed by atoms with E-state index < -0.39 is 12.5 Å². The molecule has 0 bridgehead atoms. The molecular formula is C31H25NO4. The van der Waals surface area contributed by atoms with Gasteiger partial charge in [-0.15, -0.1) is 0 Å². The van der Waals surface area contributed by atoms with E-state index >= 15 is 0 Å². The van der Waals surface area contributed by atoms with Crippen LogP contribution in [0, 0.1) is 0 Å². The number of ether oxygens (including phenoxy) is 2. The zero-order chi connectivity index (χ0) is 24.2. The molecule has 2 heterocycles. The van der Waals surface area contributed by atoms with Crippen LogP contribution >= 0.6 is 0 Å². The van der Waals surface area contributed by atoms with Gasteiger partial charge in [-0.2, -0.15) is 0 Å². The summed E-state index contributed by atoms with van der Waals surface area (Å²) in [5.74, 6) is 0.363. The predicted octanol–water partition coefficient (Wildman–Crippen LogP) is 6.57. The van der Waals surface area contributed by atoms with Crippen molar-refractivity contribution in [3.8, 4) is 11.5 Å². The van der Waals surface area contributed by atoms with Crippen LogP contribution in [-0.2, 0) is 9.47 Å². The normalized spacial score (nSPS) is 23.9. The molecule has 5 aromatic carbocycles. The smallest absolute Gasteiger partial charge is 0.144 e. The van der Waals surface area contributed by atoms with Gasteiger partial charge in [0, 0.05) is 11.1 Å². The Balaban J connectivity index is 1.44. The first kappa shape index (κ1) is 21.4. The number of phenols is 2. The van der Waals surface area contributed by atoms with Crippen molar-refractivity contribution in [3.63, 3.8) is 0 Å². The number of hydrogen-bond acceptors (Lipinski definition) is 5. The predicted molar refractivity (Wildman–Crippen MR) is 139 cm³/mol. The van der Waals surface area contributed by atoms with Gasteiger partial charge in [0.25, 0.3) is 0 Å². The van der Waals surface area contributed by atoms with Gasteiger partial charge >= 0.3 is 0 Å². The van der Waals surface area contributed by atoms with Crippen molar-refractivity contribution in [2.24, 2.45) is 0 Å². The molecule has 5 nitrogen and oxygen atoms in total. The van der Waals surface area contributed by atoms with E-state index in [-0.39, 0.29) is 23.6 Å². The van der Waals surface area contributed by atoms with Gasteiger partial charge in [-0.05, 0) is 39.2 Å². The van der Waals surface area contributed by atoms with Gasteiger partial charge in [0.1, 0.15) is 30.1 Å². The summed E-state index contributed by atoms with van der Waals surface area (Å²) < 4.78 is 13.3. The van der Waals surface area contributed by atoms with E-state index in [1.807, 2.05) is 78.9 Å². The molecule has 7 rings (SSSR count). The molecule has 2 N–H and O–H groups in total. The Morgan fingerprint density at radius 2 is 1.17 bits per heavy atom. The zero-order valence-corrected chi connectivity index (χ0v) is 19.5. The van der Waals surface area contributed by atoms with Crippen molar-refractivity contribution < 1.29 is 19.7 Å². The molecule has 5 heteroatoms. The number of rotatable bonds is 3. The van der Waals surface area contributed by atoms with Crippen LogP contribution in [0.5, 0.6) is 11.5 Å². The van der Waals surface area contributed by atoms with E-state index in [9.17, 15) is 10.2 Å². The van der Waals surface area contributed by atoms with Gasteiger partial charge < -0.3 is 19.7 Å². The lowest BCUT2D eigenvalue weighted by Crippen LogP contribution is -2.31. The molecule has 0 radical (unpaired) electrons. The Morgan fingerprint density at radius 1 is 0.611 bits per heavy atom. The maximum Gasteiger partial charge on any atom is 0.144 e. The van der Waals surface area contributed by atoms with Gasteiger partial charge in [-0.1, -0.05) is 91.0 Å². The highest BCUT2D eigenvalue weighted by molar-refractivity contribution is 5.89. The minimum Gasteiger partial charge on any atom is -0.507 e. The number of benzene rings is 5. The van der Waals surface area contributed by atoms with Crippen molar-refractivity contribution >= 4 is 21.5 Å². The van der Waals surface area contributed by atoms with E-state index in [2.05, 4.69) is 17.0 Å².